The van der Waals surface area contributed by atoms with Gasteiger partial charge in [0.25, 0.3) is 0 Å². The number of unbranched alkanes of at least 4 members (excludes halogenated alkanes) is 3. The molecule has 34 heavy (non-hydrogen) atoms. The topological polar surface area (TPSA) is 17.8 Å². The third kappa shape index (κ3) is 5.17. The Morgan fingerprint density at radius 2 is 1.29 bits per heavy atom. The molecule has 0 aliphatic heterocycles. The fraction of sp³-hybridized carbons (Fsp3) is 0.344. The number of rotatable bonds is 8. The second-order valence-electron chi connectivity index (χ2n) is 9.84. The zero-order chi connectivity index (χ0) is 24.2. The van der Waals surface area contributed by atoms with E-state index >= 15 is 0 Å². The van der Waals surface area contributed by atoms with Crippen molar-refractivity contribution in [3.8, 4) is 28.2 Å². The van der Waals surface area contributed by atoms with Gasteiger partial charge in [-0.05, 0) is 105 Å². The Bertz CT molecular complexity index is 1250. The van der Waals surface area contributed by atoms with Gasteiger partial charge in [-0.3, -0.25) is 4.57 Å². The number of hydrogen-bond donors (Lipinski definition) is 0. The summed E-state index contributed by atoms with van der Waals surface area (Å²) >= 11 is 0. The lowest BCUT2D eigenvalue weighted by Gasteiger charge is -2.17. The van der Waals surface area contributed by atoms with Gasteiger partial charge in [-0.1, -0.05) is 62.6 Å². The van der Waals surface area contributed by atoms with Gasteiger partial charge in [-0.15, -0.1) is 0 Å². The molecule has 0 amide bonds. The molecular weight excluding hydrogens is 412 g/mol. The van der Waals surface area contributed by atoms with Gasteiger partial charge in [-0.2, -0.15) is 0 Å². The number of nitrogens with zero attached hydrogens (tertiary/aromatic N) is 2. The largest absolute Gasteiger partial charge is 0.299 e. The van der Waals surface area contributed by atoms with E-state index in [0.29, 0.717) is 0 Å². The van der Waals surface area contributed by atoms with Crippen LogP contribution in [0.1, 0.15) is 66.1 Å². The number of hydrogen-bond acceptors (Lipinski definition) is 1. The van der Waals surface area contributed by atoms with E-state index < -0.39 is 0 Å². The van der Waals surface area contributed by atoms with Crippen LogP contribution in [0, 0.1) is 34.6 Å². The Kier molecular flexibility index (Phi) is 7.36. The molecule has 2 heteroatoms. The summed E-state index contributed by atoms with van der Waals surface area (Å²) in [5.41, 5.74) is 12.6. The Morgan fingerprint density at radius 1 is 0.647 bits per heavy atom. The minimum Gasteiger partial charge on any atom is -0.299 e. The van der Waals surface area contributed by atoms with E-state index in [9.17, 15) is 0 Å². The van der Waals surface area contributed by atoms with Crippen LogP contribution in [0.15, 0.2) is 60.8 Å². The molecule has 0 fully saturated rings. The number of aryl methyl sites for hydroxylation is 6. The first kappa shape index (κ1) is 24.0. The molecule has 1 aromatic heterocycles. The van der Waals surface area contributed by atoms with Crippen molar-refractivity contribution in [3.63, 3.8) is 0 Å². The maximum atomic E-state index is 4.90. The molecule has 0 saturated carbocycles. The van der Waals surface area contributed by atoms with Crippen molar-refractivity contribution in [2.75, 3.05) is 0 Å². The fourth-order valence-corrected chi connectivity index (χ4v) is 4.87. The monoisotopic (exact) mass is 450 g/mol. The molecule has 4 rings (SSSR count). The van der Waals surface area contributed by atoms with Gasteiger partial charge in [0, 0.05) is 11.8 Å². The standard InChI is InChI=1S/C32H38N2/c1-7-8-9-10-11-27-13-16-28(17-14-27)30-19-24(4)31(25(5)20-30)34-21-26(6)33-32(34)29-15-12-22(2)23(3)18-29/h12-21H,7-11H2,1-6H3. The summed E-state index contributed by atoms with van der Waals surface area (Å²) in [5.74, 6) is 1.01. The number of imidazole rings is 1. The highest BCUT2D eigenvalue weighted by atomic mass is 15.1. The quantitative estimate of drug-likeness (QED) is 0.245. The van der Waals surface area contributed by atoms with E-state index in [0.717, 1.165) is 17.1 Å². The second-order valence-corrected chi connectivity index (χ2v) is 9.84. The van der Waals surface area contributed by atoms with Crippen LogP contribution < -0.4 is 0 Å². The lowest BCUT2D eigenvalue weighted by molar-refractivity contribution is 0.667. The van der Waals surface area contributed by atoms with Crippen LogP contribution in [0.5, 0.6) is 0 Å². The summed E-state index contributed by atoms with van der Waals surface area (Å²) < 4.78 is 2.27. The Labute approximate surface area is 205 Å². The Balaban J connectivity index is 1.65. The molecule has 176 valence electrons. The minimum atomic E-state index is 1.01. The molecule has 0 spiro atoms. The van der Waals surface area contributed by atoms with Crippen molar-refractivity contribution in [1.29, 1.82) is 0 Å². The summed E-state index contributed by atoms with van der Waals surface area (Å²) in [7, 11) is 0. The van der Waals surface area contributed by atoms with Gasteiger partial charge in [0.15, 0.2) is 0 Å². The van der Waals surface area contributed by atoms with Crippen LogP contribution in [0.2, 0.25) is 0 Å². The maximum absolute atomic E-state index is 4.90. The number of benzene rings is 3. The van der Waals surface area contributed by atoms with E-state index in [-0.39, 0.29) is 0 Å². The number of aromatic nitrogens is 2. The van der Waals surface area contributed by atoms with E-state index in [1.54, 1.807) is 0 Å². The van der Waals surface area contributed by atoms with Gasteiger partial charge in [0.1, 0.15) is 5.82 Å². The molecule has 0 aliphatic carbocycles. The van der Waals surface area contributed by atoms with Crippen molar-refractivity contribution >= 4 is 0 Å². The normalized spacial score (nSPS) is 11.2. The summed E-state index contributed by atoms with van der Waals surface area (Å²) in [6.07, 6.45) is 8.58. The highest BCUT2D eigenvalue weighted by molar-refractivity contribution is 5.70. The first-order valence-electron chi connectivity index (χ1n) is 12.7. The zero-order valence-corrected chi connectivity index (χ0v) is 21.7. The summed E-state index contributed by atoms with van der Waals surface area (Å²) in [4.78, 5) is 4.90. The lowest BCUT2D eigenvalue weighted by Crippen LogP contribution is -2.02. The smallest absolute Gasteiger partial charge is 0.144 e. The van der Waals surface area contributed by atoms with E-state index in [2.05, 4.69) is 107 Å². The molecule has 0 saturated heterocycles. The van der Waals surface area contributed by atoms with Crippen LogP contribution >= 0.6 is 0 Å². The van der Waals surface area contributed by atoms with Gasteiger partial charge >= 0.3 is 0 Å². The molecule has 0 N–H and O–H groups in total. The van der Waals surface area contributed by atoms with Crippen molar-refractivity contribution in [2.24, 2.45) is 0 Å². The minimum absolute atomic E-state index is 1.01. The van der Waals surface area contributed by atoms with Gasteiger partial charge < -0.3 is 0 Å². The zero-order valence-electron chi connectivity index (χ0n) is 21.7. The maximum Gasteiger partial charge on any atom is 0.144 e. The first-order valence-corrected chi connectivity index (χ1v) is 12.7. The van der Waals surface area contributed by atoms with Gasteiger partial charge in [0.2, 0.25) is 0 Å². The summed E-state index contributed by atoms with van der Waals surface area (Å²) in [6, 6.07) is 20.4. The van der Waals surface area contributed by atoms with Crippen molar-refractivity contribution < 1.29 is 0 Å². The predicted octanol–water partition coefficient (Wildman–Crippen LogP) is 8.87. The summed E-state index contributed by atoms with van der Waals surface area (Å²) in [5, 5.41) is 0. The molecule has 1 heterocycles. The molecular formula is C32H38N2. The van der Waals surface area contributed by atoms with Crippen molar-refractivity contribution in [3.05, 3.63) is 94.3 Å². The SMILES string of the molecule is CCCCCCc1ccc(-c2cc(C)c(-n3cc(C)nc3-c3ccc(C)c(C)c3)c(C)c2)cc1. The van der Waals surface area contributed by atoms with Gasteiger partial charge in [-0.25, -0.2) is 4.98 Å². The molecule has 4 aromatic rings. The van der Waals surface area contributed by atoms with Crippen LogP contribution in [-0.2, 0) is 6.42 Å². The average molecular weight is 451 g/mol. The third-order valence-corrected chi connectivity index (χ3v) is 6.93. The van der Waals surface area contributed by atoms with Crippen LogP contribution in [0.3, 0.4) is 0 Å². The molecule has 3 aromatic carbocycles. The lowest BCUT2D eigenvalue weighted by atomic mass is 9.97. The molecule has 0 unspecified atom stereocenters. The summed E-state index contributed by atoms with van der Waals surface area (Å²) in [6.45, 7) is 13.1. The Morgan fingerprint density at radius 3 is 1.94 bits per heavy atom. The molecule has 0 bridgehead atoms. The van der Waals surface area contributed by atoms with Crippen molar-refractivity contribution in [2.45, 2.75) is 73.6 Å². The Hall–Kier alpha value is -3.13. The molecule has 0 radical (unpaired) electrons. The fourth-order valence-electron chi connectivity index (χ4n) is 4.87. The first-order chi connectivity index (χ1) is 16.4. The average Bonchev–Trinajstić information content (AvgIpc) is 3.19. The molecule has 0 aliphatic rings. The second kappa shape index (κ2) is 10.4. The highest BCUT2D eigenvalue weighted by Crippen LogP contribution is 2.32. The van der Waals surface area contributed by atoms with E-state index in [1.807, 2.05) is 0 Å². The molecule has 0 atom stereocenters. The van der Waals surface area contributed by atoms with Crippen molar-refractivity contribution in [1.82, 2.24) is 9.55 Å². The highest BCUT2D eigenvalue weighted by Gasteiger charge is 2.15. The van der Waals surface area contributed by atoms with E-state index in [1.165, 1.54) is 76.7 Å². The molecule has 2 nitrogen and oxygen atoms in total. The van der Waals surface area contributed by atoms with Gasteiger partial charge in [0.05, 0.1) is 11.4 Å². The van der Waals surface area contributed by atoms with Crippen LogP contribution in [-0.4, -0.2) is 9.55 Å². The van der Waals surface area contributed by atoms with Crippen LogP contribution in [0.25, 0.3) is 28.2 Å². The van der Waals surface area contributed by atoms with Crippen LogP contribution in [0.4, 0.5) is 0 Å². The van der Waals surface area contributed by atoms with E-state index in [4.69, 9.17) is 4.98 Å². The predicted molar refractivity (Wildman–Crippen MR) is 146 cm³/mol. The third-order valence-electron chi connectivity index (χ3n) is 6.93.